The average Bonchev–Trinajstić information content (AvgIpc) is 2.85. The SMILES string of the molecule is Cc1cccc(C=NNc2cc(N3CCOCC3)nc(CCOC(=O)Nc3ccccc3)n2)c1. The Hall–Kier alpha value is -3.98. The van der Waals surface area contributed by atoms with Crippen molar-refractivity contribution in [3.8, 4) is 0 Å². The second-order valence-electron chi connectivity index (χ2n) is 7.79. The molecule has 1 saturated heterocycles. The van der Waals surface area contributed by atoms with Crippen molar-refractivity contribution in [2.24, 2.45) is 5.10 Å². The maximum absolute atomic E-state index is 12.1. The third kappa shape index (κ3) is 7.01. The van der Waals surface area contributed by atoms with Crippen molar-refractivity contribution in [3.63, 3.8) is 0 Å². The van der Waals surface area contributed by atoms with Crippen molar-refractivity contribution in [1.29, 1.82) is 0 Å². The number of aryl methyl sites for hydroxylation is 1. The molecular formula is C25H28N6O3. The number of nitrogens with one attached hydrogen (secondary N) is 2. The molecule has 0 atom stereocenters. The Morgan fingerprint density at radius 3 is 2.74 bits per heavy atom. The van der Waals surface area contributed by atoms with Crippen molar-refractivity contribution in [2.45, 2.75) is 13.3 Å². The normalized spacial score (nSPS) is 13.6. The molecule has 1 aliphatic rings. The van der Waals surface area contributed by atoms with Crippen LogP contribution >= 0.6 is 0 Å². The summed E-state index contributed by atoms with van der Waals surface area (Å²) in [5.74, 6) is 1.92. The van der Waals surface area contributed by atoms with Crippen molar-refractivity contribution in [1.82, 2.24) is 9.97 Å². The zero-order chi connectivity index (χ0) is 23.6. The van der Waals surface area contributed by atoms with Gasteiger partial charge in [-0.05, 0) is 24.6 Å². The van der Waals surface area contributed by atoms with E-state index in [0.717, 1.165) is 24.5 Å². The summed E-state index contributed by atoms with van der Waals surface area (Å²) in [6.45, 7) is 4.99. The minimum absolute atomic E-state index is 0.150. The van der Waals surface area contributed by atoms with Gasteiger partial charge in [0.2, 0.25) is 0 Å². The topological polar surface area (TPSA) is 101 Å². The molecule has 9 heteroatoms. The summed E-state index contributed by atoms with van der Waals surface area (Å²) in [5.41, 5.74) is 5.84. The summed E-state index contributed by atoms with van der Waals surface area (Å²) >= 11 is 0. The van der Waals surface area contributed by atoms with Crippen LogP contribution in [0.4, 0.5) is 22.1 Å². The molecular weight excluding hydrogens is 432 g/mol. The van der Waals surface area contributed by atoms with E-state index < -0.39 is 6.09 Å². The molecule has 0 saturated carbocycles. The fraction of sp³-hybridized carbons (Fsp3) is 0.280. The lowest BCUT2D eigenvalue weighted by molar-refractivity contribution is 0.122. The highest BCUT2D eigenvalue weighted by Crippen LogP contribution is 2.18. The highest BCUT2D eigenvalue weighted by atomic mass is 16.5. The molecule has 176 valence electrons. The van der Waals surface area contributed by atoms with E-state index in [1.165, 1.54) is 5.56 Å². The molecule has 0 unspecified atom stereocenters. The first kappa shape index (κ1) is 23.2. The zero-order valence-electron chi connectivity index (χ0n) is 19.1. The number of aromatic nitrogens is 2. The number of anilines is 3. The van der Waals surface area contributed by atoms with Gasteiger partial charge in [0.1, 0.15) is 18.2 Å². The van der Waals surface area contributed by atoms with Crippen LogP contribution in [0.3, 0.4) is 0 Å². The van der Waals surface area contributed by atoms with E-state index in [0.29, 0.717) is 37.0 Å². The van der Waals surface area contributed by atoms with Gasteiger partial charge in [-0.2, -0.15) is 5.10 Å². The molecule has 2 aromatic carbocycles. The van der Waals surface area contributed by atoms with Gasteiger partial charge in [-0.25, -0.2) is 14.8 Å². The molecule has 4 rings (SSSR count). The number of morpholine rings is 1. The van der Waals surface area contributed by atoms with Crippen LogP contribution in [0.2, 0.25) is 0 Å². The predicted octanol–water partition coefficient (Wildman–Crippen LogP) is 3.86. The number of ether oxygens (including phenoxy) is 2. The van der Waals surface area contributed by atoms with Crippen LogP contribution < -0.4 is 15.6 Å². The lowest BCUT2D eigenvalue weighted by Gasteiger charge is -2.28. The number of rotatable bonds is 8. The van der Waals surface area contributed by atoms with Crippen LogP contribution in [-0.4, -0.2) is 55.2 Å². The summed E-state index contributed by atoms with van der Waals surface area (Å²) in [4.78, 5) is 23.4. The number of hydrazone groups is 1. The molecule has 2 heterocycles. The molecule has 1 amide bonds. The molecule has 2 N–H and O–H groups in total. The van der Waals surface area contributed by atoms with E-state index in [4.69, 9.17) is 9.47 Å². The van der Waals surface area contributed by atoms with Crippen molar-refractivity contribution >= 4 is 29.6 Å². The maximum Gasteiger partial charge on any atom is 0.411 e. The number of amides is 1. The van der Waals surface area contributed by atoms with Crippen LogP contribution in [0, 0.1) is 6.92 Å². The number of hydrogen-bond donors (Lipinski definition) is 2. The molecule has 0 radical (unpaired) electrons. The lowest BCUT2D eigenvalue weighted by Crippen LogP contribution is -2.37. The Labute approximate surface area is 198 Å². The largest absolute Gasteiger partial charge is 0.449 e. The van der Waals surface area contributed by atoms with Crippen LogP contribution in [0.5, 0.6) is 0 Å². The van der Waals surface area contributed by atoms with E-state index in [9.17, 15) is 4.79 Å². The second kappa shape index (κ2) is 11.8. The lowest BCUT2D eigenvalue weighted by atomic mass is 10.2. The molecule has 9 nitrogen and oxygen atoms in total. The van der Waals surface area contributed by atoms with Gasteiger partial charge in [0.15, 0.2) is 5.82 Å². The molecule has 1 aromatic heterocycles. The van der Waals surface area contributed by atoms with Crippen molar-refractivity contribution in [2.75, 3.05) is 48.6 Å². The van der Waals surface area contributed by atoms with Crippen LogP contribution in [0.25, 0.3) is 0 Å². The van der Waals surface area contributed by atoms with E-state index in [1.807, 2.05) is 55.5 Å². The number of carbonyl (C=O) groups is 1. The fourth-order valence-corrected chi connectivity index (χ4v) is 3.44. The monoisotopic (exact) mass is 460 g/mol. The first-order valence-corrected chi connectivity index (χ1v) is 11.2. The smallest absolute Gasteiger partial charge is 0.411 e. The fourth-order valence-electron chi connectivity index (χ4n) is 3.44. The Kier molecular flexibility index (Phi) is 8.02. The van der Waals surface area contributed by atoms with Crippen molar-refractivity contribution < 1.29 is 14.3 Å². The van der Waals surface area contributed by atoms with Gasteiger partial charge < -0.3 is 14.4 Å². The quantitative estimate of drug-likeness (QED) is 0.389. The average molecular weight is 461 g/mol. The third-order valence-corrected chi connectivity index (χ3v) is 5.11. The van der Waals surface area contributed by atoms with Gasteiger partial charge >= 0.3 is 6.09 Å². The Morgan fingerprint density at radius 1 is 1.12 bits per heavy atom. The summed E-state index contributed by atoms with van der Waals surface area (Å²) in [7, 11) is 0. The maximum atomic E-state index is 12.1. The first-order valence-electron chi connectivity index (χ1n) is 11.2. The Bertz CT molecular complexity index is 1120. The van der Waals surface area contributed by atoms with Gasteiger partial charge in [0, 0.05) is 31.3 Å². The van der Waals surface area contributed by atoms with E-state index >= 15 is 0 Å². The summed E-state index contributed by atoms with van der Waals surface area (Å²) in [5, 5.41) is 7.03. The summed E-state index contributed by atoms with van der Waals surface area (Å²) in [6.07, 6.45) is 1.60. The Balaban J connectivity index is 1.40. The van der Waals surface area contributed by atoms with Gasteiger partial charge in [0.25, 0.3) is 0 Å². The minimum atomic E-state index is -0.517. The number of hydrogen-bond acceptors (Lipinski definition) is 8. The molecule has 34 heavy (non-hydrogen) atoms. The standard InChI is InChI=1S/C25H28N6O3/c1-19-6-5-7-20(16-19)18-26-30-23-17-24(31-11-14-33-15-12-31)29-22(28-23)10-13-34-25(32)27-21-8-3-2-4-9-21/h2-9,16-18H,10-15H2,1H3,(H,27,32)(H,28,29,30). The molecule has 0 aliphatic carbocycles. The molecule has 0 bridgehead atoms. The third-order valence-electron chi connectivity index (χ3n) is 5.11. The zero-order valence-corrected chi connectivity index (χ0v) is 19.1. The van der Waals surface area contributed by atoms with Crippen molar-refractivity contribution in [3.05, 3.63) is 77.6 Å². The number of para-hydroxylation sites is 1. The molecule has 3 aromatic rings. The minimum Gasteiger partial charge on any atom is -0.449 e. The highest BCUT2D eigenvalue weighted by Gasteiger charge is 2.15. The van der Waals surface area contributed by atoms with Gasteiger partial charge in [-0.3, -0.25) is 10.7 Å². The molecule has 0 spiro atoms. The van der Waals surface area contributed by atoms with Gasteiger partial charge in [-0.15, -0.1) is 0 Å². The number of carbonyl (C=O) groups excluding carboxylic acids is 1. The summed E-state index contributed by atoms with van der Waals surface area (Å²) in [6, 6.07) is 19.1. The van der Waals surface area contributed by atoms with Crippen LogP contribution in [-0.2, 0) is 15.9 Å². The Morgan fingerprint density at radius 2 is 1.94 bits per heavy atom. The predicted molar refractivity (Wildman–Crippen MR) is 133 cm³/mol. The van der Waals surface area contributed by atoms with Crippen LogP contribution in [0.15, 0.2) is 65.8 Å². The van der Waals surface area contributed by atoms with Crippen LogP contribution in [0.1, 0.15) is 17.0 Å². The highest BCUT2D eigenvalue weighted by molar-refractivity contribution is 5.84. The van der Waals surface area contributed by atoms with Gasteiger partial charge in [-0.1, -0.05) is 48.0 Å². The number of benzene rings is 2. The first-order chi connectivity index (χ1) is 16.7. The van der Waals surface area contributed by atoms with Gasteiger partial charge in [0.05, 0.1) is 19.4 Å². The number of nitrogens with zero attached hydrogens (tertiary/aromatic N) is 4. The molecule has 1 fully saturated rings. The summed E-state index contributed by atoms with van der Waals surface area (Å²) < 4.78 is 10.8. The van der Waals surface area contributed by atoms with E-state index in [1.54, 1.807) is 18.3 Å². The van der Waals surface area contributed by atoms with E-state index in [2.05, 4.69) is 30.7 Å². The second-order valence-corrected chi connectivity index (χ2v) is 7.79. The van der Waals surface area contributed by atoms with E-state index in [-0.39, 0.29) is 6.61 Å². The molecule has 1 aliphatic heterocycles.